The molecule has 6 heteroatoms. The van der Waals surface area contributed by atoms with Gasteiger partial charge in [-0.3, -0.25) is 0 Å². The number of nitrogens with zero attached hydrogens (tertiary/aromatic N) is 3. The second kappa shape index (κ2) is 6.34. The molecule has 0 aliphatic carbocycles. The van der Waals surface area contributed by atoms with Gasteiger partial charge in [0.2, 0.25) is 0 Å². The highest BCUT2D eigenvalue weighted by molar-refractivity contribution is 7.80. The van der Waals surface area contributed by atoms with Gasteiger partial charge in [0.25, 0.3) is 0 Å². The van der Waals surface area contributed by atoms with Crippen LogP contribution in [0.2, 0.25) is 0 Å². The Balaban J connectivity index is 1.74. The fourth-order valence-electron chi connectivity index (χ4n) is 2.54. The molecule has 1 aromatic heterocycles. The van der Waals surface area contributed by atoms with Crippen LogP contribution >= 0.6 is 23.6 Å². The Hall–Kier alpha value is -1.24. The normalized spacial score (nSPS) is 16.8. The number of piperazine rings is 1. The Morgan fingerprint density at radius 1 is 1.22 bits per heavy atom. The standard InChI is InChI=1S/C17H24N4S2/c1-17(2,3)15-19-13-6-5-12(11-14(13)23-15)18-16(22)21-9-7-20(4)8-10-21/h5-6,11H,7-10H2,1-4H3,(H,18,22). The number of nitrogens with one attached hydrogen (secondary N) is 1. The van der Waals surface area contributed by atoms with E-state index in [1.54, 1.807) is 11.3 Å². The van der Waals surface area contributed by atoms with Gasteiger partial charge in [-0.15, -0.1) is 11.3 Å². The molecule has 0 amide bonds. The highest BCUT2D eigenvalue weighted by Crippen LogP contribution is 2.32. The molecule has 1 fully saturated rings. The summed E-state index contributed by atoms with van der Waals surface area (Å²) in [6, 6.07) is 6.30. The number of likely N-dealkylation sites (N-methyl/N-ethyl adjacent to an activating group) is 1. The maximum Gasteiger partial charge on any atom is 0.173 e. The summed E-state index contributed by atoms with van der Waals surface area (Å²) in [5.74, 6) is 0. The van der Waals surface area contributed by atoms with E-state index in [1.165, 1.54) is 9.71 Å². The quantitative estimate of drug-likeness (QED) is 0.797. The SMILES string of the molecule is CN1CCN(C(=S)Nc2ccc3nc(C(C)(C)C)sc3c2)CC1. The van der Waals surface area contributed by atoms with E-state index in [2.05, 4.69) is 61.1 Å². The van der Waals surface area contributed by atoms with E-state index in [-0.39, 0.29) is 5.41 Å². The fourth-order valence-corrected chi connectivity index (χ4v) is 3.90. The van der Waals surface area contributed by atoms with Crippen LogP contribution in [-0.4, -0.2) is 53.1 Å². The van der Waals surface area contributed by atoms with Crippen molar-refractivity contribution in [1.82, 2.24) is 14.8 Å². The Morgan fingerprint density at radius 2 is 1.91 bits per heavy atom. The number of hydrogen-bond acceptors (Lipinski definition) is 4. The number of benzene rings is 1. The van der Waals surface area contributed by atoms with Crippen LogP contribution in [0.15, 0.2) is 18.2 Å². The lowest BCUT2D eigenvalue weighted by Gasteiger charge is -2.34. The zero-order chi connectivity index (χ0) is 16.6. The predicted molar refractivity (Wildman–Crippen MR) is 104 cm³/mol. The smallest absolute Gasteiger partial charge is 0.173 e. The van der Waals surface area contributed by atoms with Gasteiger partial charge in [-0.05, 0) is 37.5 Å². The number of thiocarbonyl (C=S) groups is 1. The number of fused-ring (bicyclic) bond motifs is 1. The molecule has 1 aromatic carbocycles. The highest BCUT2D eigenvalue weighted by Gasteiger charge is 2.19. The predicted octanol–water partition coefficient (Wildman–Crippen LogP) is 3.54. The molecule has 1 aliphatic rings. The molecule has 2 heterocycles. The van der Waals surface area contributed by atoms with Crippen molar-refractivity contribution in [2.45, 2.75) is 26.2 Å². The molecule has 0 bridgehead atoms. The van der Waals surface area contributed by atoms with E-state index >= 15 is 0 Å². The van der Waals surface area contributed by atoms with Crippen LogP contribution in [0.5, 0.6) is 0 Å². The van der Waals surface area contributed by atoms with Crippen molar-refractivity contribution in [2.75, 3.05) is 38.5 Å². The Labute approximate surface area is 147 Å². The molecule has 0 radical (unpaired) electrons. The van der Waals surface area contributed by atoms with E-state index in [0.717, 1.165) is 42.5 Å². The third-order valence-corrected chi connectivity index (χ3v) is 5.88. The van der Waals surface area contributed by atoms with Gasteiger partial charge in [-0.1, -0.05) is 20.8 Å². The third kappa shape index (κ3) is 3.82. The van der Waals surface area contributed by atoms with Crippen molar-refractivity contribution in [3.63, 3.8) is 0 Å². The average Bonchev–Trinajstić information content (AvgIpc) is 2.91. The fraction of sp³-hybridized carbons (Fsp3) is 0.529. The molecule has 23 heavy (non-hydrogen) atoms. The molecule has 0 atom stereocenters. The molecule has 4 nitrogen and oxygen atoms in total. The van der Waals surface area contributed by atoms with Crippen LogP contribution in [0.25, 0.3) is 10.2 Å². The summed E-state index contributed by atoms with van der Waals surface area (Å²) >= 11 is 7.33. The van der Waals surface area contributed by atoms with Crippen molar-refractivity contribution in [3.8, 4) is 0 Å². The monoisotopic (exact) mass is 348 g/mol. The van der Waals surface area contributed by atoms with Crippen LogP contribution < -0.4 is 5.32 Å². The van der Waals surface area contributed by atoms with Crippen LogP contribution in [0.1, 0.15) is 25.8 Å². The summed E-state index contributed by atoms with van der Waals surface area (Å²) < 4.78 is 1.21. The molecular weight excluding hydrogens is 324 g/mol. The average molecular weight is 349 g/mol. The molecule has 3 rings (SSSR count). The minimum Gasteiger partial charge on any atom is -0.346 e. The van der Waals surface area contributed by atoms with Gasteiger partial charge >= 0.3 is 0 Å². The molecule has 124 valence electrons. The van der Waals surface area contributed by atoms with Crippen LogP contribution in [0, 0.1) is 0 Å². The number of thiazole rings is 1. The van der Waals surface area contributed by atoms with Gasteiger partial charge in [-0.25, -0.2) is 4.98 Å². The van der Waals surface area contributed by atoms with Gasteiger partial charge in [-0.2, -0.15) is 0 Å². The van der Waals surface area contributed by atoms with Crippen molar-refractivity contribution in [3.05, 3.63) is 23.2 Å². The summed E-state index contributed by atoms with van der Waals surface area (Å²) in [6.45, 7) is 10.7. The molecular formula is C17H24N4S2. The first-order chi connectivity index (χ1) is 10.8. The summed E-state index contributed by atoms with van der Waals surface area (Å²) in [5, 5.41) is 5.37. The lowest BCUT2D eigenvalue weighted by atomic mass is 9.98. The van der Waals surface area contributed by atoms with Gasteiger partial charge < -0.3 is 15.1 Å². The van der Waals surface area contributed by atoms with E-state index in [1.807, 2.05) is 0 Å². The van der Waals surface area contributed by atoms with Crippen LogP contribution in [0.4, 0.5) is 5.69 Å². The molecule has 0 saturated carbocycles. The second-order valence-corrected chi connectivity index (χ2v) is 8.59. The zero-order valence-electron chi connectivity index (χ0n) is 14.2. The molecule has 2 aromatic rings. The van der Waals surface area contributed by atoms with E-state index in [9.17, 15) is 0 Å². The maximum absolute atomic E-state index is 5.57. The van der Waals surface area contributed by atoms with Crippen LogP contribution in [-0.2, 0) is 5.41 Å². The maximum atomic E-state index is 5.57. The molecule has 0 spiro atoms. The molecule has 0 unspecified atom stereocenters. The largest absolute Gasteiger partial charge is 0.346 e. The molecule has 1 saturated heterocycles. The van der Waals surface area contributed by atoms with Crippen molar-refractivity contribution < 1.29 is 0 Å². The van der Waals surface area contributed by atoms with Crippen molar-refractivity contribution in [2.24, 2.45) is 0 Å². The number of rotatable bonds is 1. The minimum atomic E-state index is 0.0897. The summed E-state index contributed by atoms with van der Waals surface area (Å²) in [6.07, 6.45) is 0. The Kier molecular flexibility index (Phi) is 4.58. The lowest BCUT2D eigenvalue weighted by molar-refractivity contribution is 0.217. The first kappa shape index (κ1) is 16.6. The van der Waals surface area contributed by atoms with Crippen molar-refractivity contribution >= 4 is 44.6 Å². The van der Waals surface area contributed by atoms with Gasteiger partial charge in [0, 0.05) is 37.3 Å². The first-order valence-corrected chi connectivity index (χ1v) is 9.21. The van der Waals surface area contributed by atoms with E-state index in [0.29, 0.717) is 0 Å². The Morgan fingerprint density at radius 3 is 2.57 bits per heavy atom. The first-order valence-electron chi connectivity index (χ1n) is 7.98. The number of anilines is 1. The summed E-state index contributed by atoms with van der Waals surface area (Å²) in [7, 11) is 2.15. The summed E-state index contributed by atoms with van der Waals surface area (Å²) in [4.78, 5) is 9.32. The second-order valence-electron chi connectivity index (χ2n) is 7.17. The molecule has 1 N–H and O–H groups in total. The minimum absolute atomic E-state index is 0.0897. The zero-order valence-corrected chi connectivity index (χ0v) is 15.9. The summed E-state index contributed by atoms with van der Waals surface area (Å²) in [5.41, 5.74) is 2.20. The Bertz CT molecular complexity index is 709. The lowest BCUT2D eigenvalue weighted by Crippen LogP contribution is -2.48. The topological polar surface area (TPSA) is 31.4 Å². The number of aromatic nitrogens is 1. The van der Waals surface area contributed by atoms with E-state index in [4.69, 9.17) is 17.2 Å². The highest BCUT2D eigenvalue weighted by atomic mass is 32.1. The number of hydrogen-bond donors (Lipinski definition) is 1. The van der Waals surface area contributed by atoms with Gasteiger partial charge in [0.05, 0.1) is 15.2 Å². The van der Waals surface area contributed by atoms with Gasteiger partial charge in [0.1, 0.15) is 0 Å². The molecule has 1 aliphatic heterocycles. The van der Waals surface area contributed by atoms with Gasteiger partial charge in [0.15, 0.2) is 5.11 Å². The third-order valence-electron chi connectivity index (χ3n) is 4.07. The van der Waals surface area contributed by atoms with Crippen molar-refractivity contribution in [1.29, 1.82) is 0 Å². The van der Waals surface area contributed by atoms with E-state index < -0.39 is 0 Å². The van der Waals surface area contributed by atoms with Crippen LogP contribution in [0.3, 0.4) is 0 Å².